The summed E-state index contributed by atoms with van der Waals surface area (Å²) >= 11 is 0. The molecule has 0 aromatic heterocycles. The van der Waals surface area contributed by atoms with Crippen molar-refractivity contribution >= 4 is 0 Å². The van der Waals surface area contributed by atoms with Crippen molar-refractivity contribution in [2.75, 3.05) is 14.1 Å². The van der Waals surface area contributed by atoms with Crippen molar-refractivity contribution < 1.29 is 4.84 Å². The quantitative estimate of drug-likeness (QED) is 0.371. The lowest BCUT2D eigenvalue weighted by Crippen LogP contribution is -2.31. The molecule has 0 N–H and O–H groups in total. The van der Waals surface area contributed by atoms with Gasteiger partial charge in [0.1, 0.15) is 19.7 Å². The van der Waals surface area contributed by atoms with E-state index in [1.165, 1.54) is 0 Å². The lowest BCUT2D eigenvalue weighted by Gasteiger charge is -2.13. The molecule has 0 rings (SSSR count). The fraction of sp³-hybridized carbons (Fsp3) is 1.00. The van der Waals surface area contributed by atoms with Gasteiger partial charge >= 0.3 is 0 Å². The van der Waals surface area contributed by atoms with Crippen LogP contribution in [-0.4, -0.2) is 19.7 Å². The van der Waals surface area contributed by atoms with Gasteiger partial charge in [0.25, 0.3) is 0 Å². The van der Waals surface area contributed by atoms with Crippen LogP contribution in [-0.2, 0) is 4.84 Å². The molecule has 0 aliphatic carbocycles. The Balaban J connectivity index is 3.39. The summed E-state index contributed by atoms with van der Waals surface area (Å²) in [6.45, 7) is 6.06. The minimum Gasteiger partial charge on any atom is -0.144 e. The summed E-state index contributed by atoms with van der Waals surface area (Å²) in [7, 11) is 3.76. The first-order chi connectivity index (χ1) is 3.42. The Kier molecular flexibility index (Phi) is 2.44. The van der Waals surface area contributed by atoms with Gasteiger partial charge in [-0.1, -0.05) is 0 Å². The van der Waals surface area contributed by atoms with Crippen LogP contribution < -0.4 is 5.06 Å². The maximum Gasteiger partial charge on any atom is 0.149 e. The highest BCUT2D eigenvalue weighted by Gasteiger charge is 2.17. The van der Waals surface area contributed by atoms with Crippen LogP contribution in [0, 0.1) is 0 Å². The SMILES string of the molecule is C[N+](C)OC(C)(C)C. The van der Waals surface area contributed by atoms with Crippen molar-refractivity contribution in [3.05, 3.63) is 0 Å². The first kappa shape index (κ1) is 7.92. The summed E-state index contributed by atoms with van der Waals surface area (Å²) in [5, 5.41) is 1.71. The second kappa shape index (κ2) is 2.46. The van der Waals surface area contributed by atoms with E-state index >= 15 is 0 Å². The molecule has 0 saturated carbocycles. The normalized spacial score (nSPS) is 12.8. The third-order valence-electron chi connectivity index (χ3n) is 0.456. The zero-order valence-corrected chi connectivity index (χ0v) is 6.36. The van der Waals surface area contributed by atoms with Crippen LogP contribution in [0.5, 0.6) is 0 Å². The van der Waals surface area contributed by atoms with Gasteiger partial charge in [0.15, 0.2) is 0 Å². The lowest BCUT2D eigenvalue weighted by atomic mass is 10.2. The molecule has 49 valence electrons. The van der Waals surface area contributed by atoms with Crippen LogP contribution in [0.4, 0.5) is 0 Å². The molecule has 2 heteroatoms. The Hall–Kier alpha value is -0.0800. The minimum absolute atomic E-state index is 0.0521. The number of rotatable bonds is 1. The molecule has 0 aromatic rings. The summed E-state index contributed by atoms with van der Waals surface area (Å²) < 4.78 is 0. The number of hydroxylamine groups is 2. The third-order valence-corrected chi connectivity index (χ3v) is 0.456. The molecule has 0 aromatic carbocycles. The number of hydrogen-bond donors (Lipinski definition) is 0. The van der Waals surface area contributed by atoms with Crippen molar-refractivity contribution in [3.8, 4) is 0 Å². The molecule has 0 heterocycles. The van der Waals surface area contributed by atoms with Gasteiger partial charge in [-0.2, -0.15) is 0 Å². The highest BCUT2D eigenvalue weighted by atomic mass is 16.7. The molecule has 0 unspecified atom stereocenters. The van der Waals surface area contributed by atoms with Crippen LogP contribution in [0.1, 0.15) is 20.8 Å². The van der Waals surface area contributed by atoms with E-state index in [9.17, 15) is 0 Å². The summed E-state index contributed by atoms with van der Waals surface area (Å²) in [4.78, 5) is 5.27. The first-order valence-corrected chi connectivity index (χ1v) is 2.78. The fourth-order valence-corrected chi connectivity index (χ4v) is 0.548. The van der Waals surface area contributed by atoms with Crippen molar-refractivity contribution in [3.63, 3.8) is 0 Å². The Bertz CT molecular complexity index is 63.4. The largest absolute Gasteiger partial charge is 0.149 e. The van der Waals surface area contributed by atoms with Gasteiger partial charge in [0.05, 0.1) is 0 Å². The zero-order valence-electron chi connectivity index (χ0n) is 6.36. The third kappa shape index (κ3) is 5.92. The van der Waals surface area contributed by atoms with Crippen LogP contribution in [0.2, 0.25) is 0 Å². The molecule has 1 radical (unpaired) electrons. The van der Waals surface area contributed by atoms with Crippen LogP contribution >= 0.6 is 0 Å². The van der Waals surface area contributed by atoms with Gasteiger partial charge in [-0.15, -0.1) is 4.84 Å². The first-order valence-electron chi connectivity index (χ1n) is 2.78. The molecular weight excluding hydrogens is 102 g/mol. The van der Waals surface area contributed by atoms with Crippen LogP contribution in [0.25, 0.3) is 0 Å². The fourth-order valence-electron chi connectivity index (χ4n) is 0.548. The zero-order chi connectivity index (χ0) is 6.78. The van der Waals surface area contributed by atoms with Gasteiger partial charge in [-0.05, 0) is 25.8 Å². The van der Waals surface area contributed by atoms with E-state index in [1.807, 2.05) is 34.9 Å². The smallest absolute Gasteiger partial charge is 0.144 e. The van der Waals surface area contributed by atoms with E-state index in [-0.39, 0.29) is 5.60 Å². The second-order valence-electron chi connectivity index (χ2n) is 3.02. The van der Waals surface area contributed by atoms with Gasteiger partial charge < -0.3 is 0 Å². The van der Waals surface area contributed by atoms with E-state index < -0.39 is 0 Å². The topological polar surface area (TPSA) is 15.1 Å². The molecule has 0 aliphatic heterocycles. The molecule has 0 spiro atoms. The van der Waals surface area contributed by atoms with E-state index in [0.717, 1.165) is 0 Å². The van der Waals surface area contributed by atoms with Gasteiger partial charge in [-0.3, -0.25) is 0 Å². The molecule has 2 nitrogen and oxygen atoms in total. The second-order valence-corrected chi connectivity index (χ2v) is 3.02. The monoisotopic (exact) mass is 117 g/mol. The summed E-state index contributed by atoms with van der Waals surface area (Å²) in [6.07, 6.45) is 0. The molecule has 0 amide bonds. The Morgan fingerprint density at radius 3 is 1.50 bits per heavy atom. The Morgan fingerprint density at radius 2 is 1.50 bits per heavy atom. The molecule has 8 heavy (non-hydrogen) atoms. The summed E-state index contributed by atoms with van der Waals surface area (Å²) in [5.74, 6) is 0. The Labute approximate surface area is 51.4 Å². The number of hydrogen-bond acceptors (Lipinski definition) is 2. The predicted molar refractivity (Wildman–Crippen MR) is 34.8 cm³/mol. The maximum atomic E-state index is 5.27. The van der Waals surface area contributed by atoms with Crippen molar-refractivity contribution in [2.45, 2.75) is 26.4 Å². The maximum absolute atomic E-state index is 5.27. The minimum atomic E-state index is -0.0521. The molecular formula is C6H15NO+. The van der Waals surface area contributed by atoms with Gasteiger partial charge in [0.2, 0.25) is 0 Å². The molecule has 0 aliphatic rings. The van der Waals surface area contributed by atoms with E-state index in [0.29, 0.717) is 0 Å². The Morgan fingerprint density at radius 1 is 1.12 bits per heavy atom. The summed E-state index contributed by atoms with van der Waals surface area (Å²) in [6, 6.07) is 0. The van der Waals surface area contributed by atoms with E-state index in [4.69, 9.17) is 4.84 Å². The van der Waals surface area contributed by atoms with Crippen LogP contribution in [0.3, 0.4) is 0 Å². The standard InChI is InChI=1S/C6H15NO/c1-6(2,3)8-7(4)5/h1-5H3/q+1. The van der Waals surface area contributed by atoms with Crippen molar-refractivity contribution in [1.29, 1.82) is 0 Å². The molecule has 0 saturated heterocycles. The summed E-state index contributed by atoms with van der Waals surface area (Å²) in [5.41, 5.74) is -0.0521. The molecule has 0 fully saturated rings. The number of nitrogens with zero attached hydrogens (tertiary/aromatic N) is 1. The average Bonchev–Trinajstić information content (AvgIpc) is 1.21. The van der Waals surface area contributed by atoms with Gasteiger partial charge in [-0.25, -0.2) is 0 Å². The van der Waals surface area contributed by atoms with Gasteiger partial charge in [0, 0.05) is 0 Å². The highest BCUT2D eigenvalue weighted by Crippen LogP contribution is 2.05. The average molecular weight is 117 g/mol. The molecule has 0 atom stereocenters. The lowest BCUT2D eigenvalue weighted by molar-refractivity contribution is -0.130. The highest BCUT2D eigenvalue weighted by molar-refractivity contribution is 4.56. The van der Waals surface area contributed by atoms with E-state index in [2.05, 4.69) is 0 Å². The molecule has 0 bridgehead atoms. The predicted octanol–water partition coefficient (Wildman–Crippen LogP) is 1.12. The van der Waals surface area contributed by atoms with Crippen molar-refractivity contribution in [2.24, 2.45) is 0 Å². The van der Waals surface area contributed by atoms with Crippen LogP contribution in [0.15, 0.2) is 0 Å². The van der Waals surface area contributed by atoms with Crippen molar-refractivity contribution in [1.82, 2.24) is 5.06 Å². The van der Waals surface area contributed by atoms with E-state index in [1.54, 1.807) is 5.06 Å².